The van der Waals surface area contributed by atoms with E-state index in [0.29, 0.717) is 0 Å². The first kappa shape index (κ1) is 26.0. The highest BCUT2D eigenvalue weighted by Gasteiger charge is 2.41. The number of esters is 1. The molecule has 0 rings (SSSR count). The maximum Gasteiger partial charge on any atom is 0.336 e. The van der Waals surface area contributed by atoms with Crippen LogP contribution in [0.5, 0.6) is 0 Å². The molecule has 0 amide bonds. The van der Waals surface area contributed by atoms with Gasteiger partial charge in [-0.05, 0) is 0 Å². The number of ether oxygens (including phenoxy) is 1. The van der Waals surface area contributed by atoms with Crippen LogP contribution in [0, 0.1) is 0 Å². The minimum Gasteiger partial charge on any atom is -0.481 e. The first-order valence-electron chi connectivity index (χ1n) is 6.73. The lowest BCUT2D eigenvalue weighted by atomic mass is 9.96. The van der Waals surface area contributed by atoms with Crippen molar-refractivity contribution in [3.05, 3.63) is 0 Å². The molecule has 0 aromatic heterocycles. The smallest absolute Gasteiger partial charge is 0.336 e. The minimum absolute atomic E-state index is 0.898. The molecule has 7 N–H and O–H groups in total. The number of carboxylic acids is 5. The van der Waals surface area contributed by atoms with Crippen molar-refractivity contribution in [3.8, 4) is 0 Å². The lowest BCUT2D eigenvalue weighted by Gasteiger charge is -2.19. The average Bonchev–Trinajstić information content (AvgIpc) is 2.44. The van der Waals surface area contributed by atoms with Crippen LogP contribution in [0.4, 0.5) is 0 Å². The summed E-state index contributed by atoms with van der Waals surface area (Å²) in [7, 11) is 1.01. The zero-order valence-corrected chi connectivity index (χ0v) is 13.8. The summed E-state index contributed by atoms with van der Waals surface area (Å²) in [6.07, 6.45) is -4.24. The Balaban J connectivity index is 0. The van der Waals surface area contributed by atoms with Gasteiger partial charge in [-0.1, -0.05) is 0 Å². The Morgan fingerprint density at radius 2 is 0.889 bits per heavy atom. The summed E-state index contributed by atoms with van der Waals surface area (Å²) >= 11 is 0. The van der Waals surface area contributed by atoms with E-state index in [1.807, 2.05) is 0 Å². The quantitative estimate of drug-likeness (QED) is 0.189. The van der Waals surface area contributed by atoms with Crippen LogP contribution in [-0.4, -0.2) is 89.9 Å². The summed E-state index contributed by atoms with van der Waals surface area (Å²) in [5, 5.41) is 59.9. The van der Waals surface area contributed by atoms with Gasteiger partial charge in [0.15, 0.2) is 11.2 Å². The standard InChI is InChI=1S/C7H10O7.C6H8O7/c1-14-5(10)3-7(13,6(11)12)2-4(8)9;7-3(8)1-6(13,5(11)12)2-4(9)10/h13H,2-3H2,1H3,(H,8,9)(H,11,12);13H,1-2H2,(H,7,8)(H,9,10)(H,11,12). The molecule has 27 heavy (non-hydrogen) atoms. The van der Waals surface area contributed by atoms with Crippen molar-refractivity contribution in [1.29, 1.82) is 0 Å². The first-order chi connectivity index (χ1) is 12.1. The van der Waals surface area contributed by atoms with Crippen LogP contribution in [-0.2, 0) is 33.5 Å². The van der Waals surface area contributed by atoms with Crippen molar-refractivity contribution in [2.45, 2.75) is 36.9 Å². The van der Waals surface area contributed by atoms with E-state index in [1.54, 1.807) is 0 Å². The average molecular weight is 398 g/mol. The molecule has 0 saturated carbocycles. The Labute approximate surface area is 150 Å². The predicted molar refractivity (Wildman–Crippen MR) is 78.6 cm³/mol. The molecular formula is C13H18O14. The molecule has 0 saturated heterocycles. The highest BCUT2D eigenvalue weighted by molar-refractivity contribution is 5.89. The maximum atomic E-state index is 10.7. The zero-order valence-electron chi connectivity index (χ0n) is 13.8. The van der Waals surface area contributed by atoms with Gasteiger partial charge in [-0.15, -0.1) is 0 Å². The third-order valence-electron chi connectivity index (χ3n) is 2.79. The van der Waals surface area contributed by atoms with E-state index in [2.05, 4.69) is 4.74 Å². The van der Waals surface area contributed by atoms with Crippen LogP contribution < -0.4 is 0 Å². The second-order valence-corrected chi connectivity index (χ2v) is 5.14. The molecule has 0 aliphatic carbocycles. The fraction of sp³-hybridized carbons (Fsp3) is 0.538. The summed E-state index contributed by atoms with van der Waals surface area (Å²) in [5.74, 6) is -9.30. The number of hydrogen-bond donors (Lipinski definition) is 7. The van der Waals surface area contributed by atoms with Crippen molar-refractivity contribution in [1.82, 2.24) is 0 Å². The third kappa shape index (κ3) is 10.4. The fourth-order valence-electron chi connectivity index (χ4n) is 1.49. The molecule has 14 heteroatoms. The molecule has 0 spiro atoms. The van der Waals surface area contributed by atoms with E-state index in [-0.39, 0.29) is 0 Å². The Bertz CT molecular complexity index is 592. The molecule has 0 aromatic carbocycles. The number of aliphatic carboxylic acids is 5. The summed E-state index contributed by atoms with van der Waals surface area (Å²) in [4.78, 5) is 61.9. The molecule has 0 fully saturated rings. The molecule has 0 aromatic rings. The van der Waals surface area contributed by atoms with Crippen LogP contribution in [0.15, 0.2) is 0 Å². The molecule has 0 heterocycles. The first-order valence-corrected chi connectivity index (χ1v) is 6.73. The lowest BCUT2D eigenvalue weighted by molar-refractivity contribution is -0.171. The van der Waals surface area contributed by atoms with Gasteiger partial charge in [0.1, 0.15) is 0 Å². The maximum absolute atomic E-state index is 10.7. The van der Waals surface area contributed by atoms with Crippen LogP contribution >= 0.6 is 0 Å². The van der Waals surface area contributed by atoms with Gasteiger partial charge in [0.2, 0.25) is 0 Å². The van der Waals surface area contributed by atoms with E-state index >= 15 is 0 Å². The summed E-state index contributed by atoms with van der Waals surface area (Å²) < 4.78 is 4.12. The second kappa shape index (κ2) is 10.7. The zero-order chi connectivity index (χ0) is 22.0. The third-order valence-corrected chi connectivity index (χ3v) is 2.79. The van der Waals surface area contributed by atoms with Crippen molar-refractivity contribution in [3.63, 3.8) is 0 Å². The molecule has 14 nitrogen and oxygen atoms in total. The van der Waals surface area contributed by atoms with E-state index in [9.17, 15) is 33.9 Å². The summed E-state index contributed by atoms with van der Waals surface area (Å²) in [6.45, 7) is 0. The van der Waals surface area contributed by atoms with Crippen LogP contribution in [0.3, 0.4) is 0 Å². The van der Waals surface area contributed by atoms with Crippen molar-refractivity contribution in [2.24, 2.45) is 0 Å². The van der Waals surface area contributed by atoms with Crippen molar-refractivity contribution in [2.75, 3.05) is 7.11 Å². The van der Waals surface area contributed by atoms with Gasteiger partial charge in [-0.3, -0.25) is 19.2 Å². The van der Waals surface area contributed by atoms with Crippen molar-refractivity contribution >= 4 is 35.8 Å². The minimum atomic E-state index is -2.74. The molecule has 1 atom stereocenters. The SMILES string of the molecule is COC(=O)CC(O)(CC(=O)O)C(=O)O.O=C(O)CC(O)(CC(=O)O)C(=O)O. The number of methoxy groups -OCH3 is 1. The monoisotopic (exact) mass is 398 g/mol. The molecule has 0 aliphatic rings. The fourth-order valence-corrected chi connectivity index (χ4v) is 1.49. The lowest BCUT2D eigenvalue weighted by Crippen LogP contribution is -2.42. The van der Waals surface area contributed by atoms with Gasteiger partial charge in [0.05, 0.1) is 32.8 Å². The molecule has 1 unspecified atom stereocenters. The molecule has 0 aliphatic heterocycles. The number of carbonyl (C=O) groups is 6. The number of carbonyl (C=O) groups excluding carboxylic acids is 1. The highest BCUT2D eigenvalue weighted by Crippen LogP contribution is 2.17. The van der Waals surface area contributed by atoms with E-state index in [4.69, 9.17) is 30.6 Å². The van der Waals surface area contributed by atoms with Gasteiger partial charge < -0.3 is 40.5 Å². The highest BCUT2D eigenvalue weighted by atomic mass is 16.5. The molecular weight excluding hydrogens is 380 g/mol. The Morgan fingerprint density at radius 1 is 0.630 bits per heavy atom. The Morgan fingerprint density at radius 3 is 1.07 bits per heavy atom. The Hall–Kier alpha value is -3.26. The van der Waals surface area contributed by atoms with Gasteiger partial charge in [-0.2, -0.15) is 0 Å². The predicted octanol–water partition coefficient (Wildman–Crippen LogP) is -2.41. The number of aliphatic hydroxyl groups is 2. The van der Waals surface area contributed by atoms with E-state index in [1.165, 1.54) is 0 Å². The van der Waals surface area contributed by atoms with Gasteiger partial charge in [0.25, 0.3) is 0 Å². The van der Waals surface area contributed by atoms with Gasteiger partial charge >= 0.3 is 35.8 Å². The number of hydrogen-bond acceptors (Lipinski definition) is 9. The molecule has 154 valence electrons. The van der Waals surface area contributed by atoms with Crippen LogP contribution in [0.25, 0.3) is 0 Å². The second-order valence-electron chi connectivity index (χ2n) is 5.14. The molecule has 0 bridgehead atoms. The van der Waals surface area contributed by atoms with E-state index < -0.39 is 72.7 Å². The largest absolute Gasteiger partial charge is 0.481 e. The van der Waals surface area contributed by atoms with E-state index in [0.717, 1.165) is 7.11 Å². The normalized spacial score (nSPS) is 12.6. The van der Waals surface area contributed by atoms with Crippen LogP contribution in [0.1, 0.15) is 25.7 Å². The number of carboxylic acid groups (broad SMARTS) is 5. The summed E-state index contributed by atoms with van der Waals surface area (Å²) in [5.41, 5.74) is -5.35. The Kier molecular flexibility index (Phi) is 10.3. The van der Waals surface area contributed by atoms with Gasteiger partial charge in [0, 0.05) is 0 Å². The molecule has 0 radical (unpaired) electrons. The topological polar surface area (TPSA) is 253 Å². The van der Waals surface area contributed by atoms with Crippen LogP contribution in [0.2, 0.25) is 0 Å². The van der Waals surface area contributed by atoms with Crippen molar-refractivity contribution < 1.29 is 69.2 Å². The number of rotatable bonds is 10. The van der Waals surface area contributed by atoms with Gasteiger partial charge in [-0.25, -0.2) is 9.59 Å². The summed E-state index contributed by atoms with van der Waals surface area (Å²) in [6, 6.07) is 0.